The van der Waals surface area contributed by atoms with Gasteiger partial charge in [-0.25, -0.2) is 4.68 Å². The summed E-state index contributed by atoms with van der Waals surface area (Å²) in [6.07, 6.45) is -4.66. The third-order valence-corrected chi connectivity index (χ3v) is 6.26. The van der Waals surface area contributed by atoms with Crippen LogP contribution >= 0.6 is 22.9 Å². The quantitative estimate of drug-likeness (QED) is 0.474. The summed E-state index contributed by atoms with van der Waals surface area (Å²) >= 11 is 7.19. The van der Waals surface area contributed by atoms with E-state index >= 15 is 0 Å². The zero-order chi connectivity index (χ0) is 22.3. The Morgan fingerprint density at radius 3 is 2.77 bits per heavy atom. The molecule has 1 atom stereocenters. The molecule has 164 valence electrons. The molecule has 1 unspecified atom stereocenters. The van der Waals surface area contributed by atoms with Crippen LogP contribution < -0.4 is 9.64 Å². The monoisotopic (exact) mass is 469 g/mol. The van der Waals surface area contributed by atoms with Gasteiger partial charge in [0.15, 0.2) is 6.04 Å². The average Bonchev–Trinajstić information content (AvgIpc) is 3.31. The van der Waals surface area contributed by atoms with E-state index < -0.39 is 12.2 Å². The normalized spacial score (nSPS) is 16.3. The number of aryl methyl sites for hydroxylation is 2. The largest absolute Gasteiger partial charge is 0.489 e. The van der Waals surface area contributed by atoms with E-state index in [-0.39, 0.29) is 31.3 Å². The van der Waals surface area contributed by atoms with Gasteiger partial charge in [-0.1, -0.05) is 11.6 Å². The molecule has 0 saturated heterocycles. The van der Waals surface area contributed by atoms with Crippen LogP contribution in [0, 0.1) is 13.8 Å². The van der Waals surface area contributed by atoms with Crippen molar-refractivity contribution in [3.05, 3.63) is 62.4 Å². The minimum atomic E-state index is -4.42. The molecule has 4 rings (SSSR count). The molecule has 1 amide bonds. The molecule has 0 aliphatic carbocycles. The molecule has 0 saturated carbocycles. The fourth-order valence-corrected chi connectivity index (χ4v) is 4.63. The van der Waals surface area contributed by atoms with Crippen LogP contribution in [0.4, 0.5) is 19.0 Å². The van der Waals surface area contributed by atoms with Gasteiger partial charge in [0, 0.05) is 23.2 Å². The Morgan fingerprint density at radius 2 is 2.06 bits per heavy atom. The van der Waals surface area contributed by atoms with Gasteiger partial charge in [0.25, 0.3) is 5.91 Å². The molecule has 3 aromatic rings. The van der Waals surface area contributed by atoms with Gasteiger partial charge < -0.3 is 4.74 Å². The first kappa shape index (κ1) is 21.7. The third kappa shape index (κ3) is 4.43. The summed E-state index contributed by atoms with van der Waals surface area (Å²) in [6, 6.07) is 6.82. The fraction of sp³-hybridized carbons (Fsp3) is 0.333. The SMILES string of the molecule is Cc1cc2n(n1)C(C(F)(F)F)CCN2C(=O)c1cc(COc2ccc(Cl)cc2C)cs1. The summed E-state index contributed by atoms with van der Waals surface area (Å²) in [5.74, 6) is 0.511. The molecule has 31 heavy (non-hydrogen) atoms. The van der Waals surface area contributed by atoms with Crippen molar-refractivity contribution in [3.8, 4) is 5.75 Å². The number of carbonyl (C=O) groups excluding carboxylic acids is 1. The average molecular weight is 470 g/mol. The highest BCUT2D eigenvalue weighted by Gasteiger charge is 2.46. The summed E-state index contributed by atoms with van der Waals surface area (Å²) in [4.78, 5) is 14.9. The molecule has 2 aromatic heterocycles. The number of halogens is 4. The highest BCUT2D eigenvalue weighted by atomic mass is 35.5. The molecule has 0 radical (unpaired) electrons. The number of fused-ring (bicyclic) bond motifs is 1. The number of nitrogens with zero attached hydrogens (tertiary/aromatic N) is 3. The molecular formula is C21H19ClF3N3O2S. The number of rotatable bonds is 4. The lowest BCUT2D eigenvalue weighted by molar-refractivity contribution is -0.172. The van der Waals surface area contributed by atoms with E-state index in [4.69, 9.17) is 16.3 Å². The van der Waals surface area contributed by atoms with E-state index in [9.17, 15) is 18.0 Å². The summed E-state index contributed by atoms with van der Waals surface area (Å²) < 4.78 is 46.9. The molecule has 0 spiro atoms. The number of anilines is 1. The minimum Gasteiger partial charge on any atom is -0.489 e. The number of thiophene rings is 1. The van der Waals surface area contributed by atoms with Crippen LogP contribution in [0.25, 0.3) is 0 Å². The summed E-state index contributed by atoms with van der Waals surface area (Å²) in [5, 5.41) is 6.42. The van der Waals surface area contributed by atoms with Crippen LogP contribution in [0.3, 0.4) is 0 Å². The second kappa shape index (κ2) is 8.20. The minimum absolute atomic E-state index is 0.0259. The van der Waals surface area contributed by atoms with Crippen molar-refractivity contribution in [1.29, 1.82) is 0 Å². The highest BCUT2D eigenvalue weighted by molar-refractivity contribution is 7.12. The van der Waals surface area contributed by atoms with Gasteiger partial charge >= 0.3 is 6.18 Å². The topological polar surface area (TPSA) is 47.4 Å². The standard InChI is InChI=1S/C21H19ClF3N3O2S/c1-12-7-15(22)3-4-16(12)30-10-14-9-17(31-11-14)20(29)27-6-5-18(21(23,24)25)28-19(27)8-13(2)26-28/h3-4,7-9,11,18H,5-6,10H2,1-2H3. The second-order valence-corrected chi connectivity index (χ2v) is 8.76. The molecule has 1 aliphatic heterocycles. The Labute approximate surface area is 186 Å². The number of amides is 1. The number of carbonyl (C=O) groups is 1. The number of hydrogen-bond acceptors (Lipinski definition) is 4. The lowest BCUT2D eigenvalue weighted by atomic mass is 10.1. The lowest BCUT2D eigenvalue weighted by Crippen LogP contribution is -2.42. The van der Waals surface area contributed by atoms with Gasteiger partial charge in [0.2, 0.25) is 0 Å². The van der Waals surface area contributed by atoms with Gasteiger partial charge in [-0.2, -0.15) is 18.3 Å². The van der Waals surface area contributed by atoms with E-state index in [1.807, 2.05) is 12.3 Å². The lowest BCUT2D eigenvalue weighted by Gasteiger charge is -2.33. The maximum absolute atomic E-state index is 13.4. The molecule has 1 aromatic carbocycles. The van der Waals surface area contributed by atoms with Gasteiger partial charge in [0.05, 0.1) is 10.6 Å². The molecule has 0 N–H and O–H groups in total. The zero-order valence-corrected chi connectivity index (χ0v) is 18.3. The predicted molar refractivity (Wildman–Crippen MR) is 113 cm³/mol. The van der Waals surface area contributed by atoms with E-state index in [2.05, 4.69) is 5.10 Å². The summed E-state index contributed by atoms with van der Waals surface area (Å²) in [6.45, 7) is 3.74. The Hall–Kier alpha value is -2.52. The first-order chi connectivity index (χ1) is 14.6. The molecule has 5 nitrogen and oxygen atoms in total. The van der Waals surface area contributed by atoms with Crippen molar-refractivity contribution in [2.75, 3.05) is 11.4 Å². The van der Waals surface area contributed by atoms with Crippen molar-refractivity contribution in [3.63, 3.8) is 0 Å². The van der Waals surface area contributed by atoms with Crippen LogP contribution in [0.1, 0.15) is 39.0 Å². The summed E-state index contributed by atoms with van der Waals surface area (Å²) in [7, 11) is 0. The van der Waals surface area contributed by atoms with Crippen molar-refractivity contribution >= 4 is 34.7 Å². The fourth-order valence-electron chi connectivity index (χ4n) is 3.56. The zero-order valence-electron chi connectivity index (χ0n) is 16.7. The van der Waals surface area contributed by atoms with Crippen molar-refractivity contribution in [1.82, 2.24) is 9.78 Å². The van der Waals surface area contributed by atoms with Crippen LogP contribution in [0.2, 0.25) is 5.02 Å². The van der Waals surface area contributed by atoms with Crippen LogP contribution in [0.15, 0.2) is 35.7 Å². The predicted octanol–water partition coefficient (Wildman–Crippen LogP) is 5.95. The Balaban J connectivity index is 1.51. The molecular weight excluding hydrogens is 451 g/mol. The van der Waals surface area contributed by atoms with E-state index in [1.165, 1.54) is 22.3 Å². The molecule has 1 aliphatic rings. The van der Waals surface area contributed by atoms with Gasteiger partial charge in [0.1, 0.15) is 18.2 Å². The number of aromatic nitrogens is 2. The first-order valence-corrected chi connectivity index (χ1v) is 10.8. The van der Waals surface area contributed by atoms with E-state index in [0.29, 0.717) is 21.3 Å². The van der Waals surface area contributed by atoms with E-state index in [0.717, 1.165) is 15.8 Å². The van der Waals surface area contributed by atoms with Crippen LogP contribution in [-0.2, 0) is 6.61 Å². The highest BCUT2D eigenvalue weighted by Crippen LogP contribution is 2.40. The Bertz CT molecular complexity index is 1130. The molecule has 0 bridgehead atoms. The molecule has 3 heterocycles. The van der Waals surface area contributed by atoms with Crippen LogP contribution in [0.5, 0.6) is 5.75 Å². The van der Waals surface area contributed by atoms with Crippen molar-refractivity contribution < 1.29 is 22.7 Å². The van der Waals surface area contributed by atoms with Crippen molar-refractivity contribution in [2.24, 2.45) is 0 Å². The maximum Gasteiger partial charge on any atom is 0.410 e. The summed E-state index contributed by atoms with van der Waals surface area (Å²) in [5.41, 5.74) is 2.13. The van der Waals surface area contributed by atoms with Crippen LogP contribution in [-0.4, -0.2) is 28.4 Å². The maximum atomic E-state index is 13.4. The molecule has 0 fully saturated rings. The number of benzene rings is 1. The van der Waals surface area contributed by atoms with Gasteiger partial charge in [-0.15, -0.1) is 11.3 Å². The number of alkyl halides is 3. The number of hydrogen-bond donors (Lipinski definition) is 0. The third-order valence-electron chi connectivity index (χ3n) is 5.05. The molecule has 10 heteroatoms. The van der Waals surface area contributed by atoms with Gasteiger partial charge in [-0.05, 0) is 55.5 Å². The van der Waals surface area contributed by atoms with E-state index in [1.54, 1.807) is 31.2 Å². The second-order valence-electron chi connectivity index (χ2n) is 7.41. The smallest absolute Gasteiger partial charge is 0.410 e. The van der Waals surface area contributed by atoms with Gasteiger partial charge in [-0.3, -0.25) is 9.69 Å². The Morgan fingerprint density at radius 1 is 1.29 bits per heavy atom. The van der Waals surface area contributed by atoms with Crippen molar-refractivity contribution in [2.45, 2.75) is 39.1 Å². The first-order valence-electron chi connectivity index (χ1n) is 9.54. The number of ether oxygens (including phenoxy) is 1. The Kier molecular flexibility index (Phi) is 5.74.